The van der Waals surface area contributed by atoms with Gasteiger partial charge >= 0.3 is 0 Å². The van der Waals surface area contributed by atoms with Gasteiger partial charge in [0.05, 0.1) is 23.7 Å². The van der Waals surface area contributed by atoms with Crippen LogP contribution >= 0.6 is 0 Å². The molecule has 100 valence electrons. The summed E-state index contributed by atoms with van der Waals surface area (Å²) in [5.41, 5.74) is 7.11. The summed E-state index contributed by atoms with van der Waals surface area (Å²) in [7, 11) is 0. The molecule has 0 aromatic carbocycles. The predicted octanol–water partition coefficient (Wildman–Crippen LogP) is 1.51. The molecule has 2 N–H and O–H groups in total. The molecule has 1 saturated carbocycles. The van der Waals surface area contributed by atoms with Gasteiger partial charge in [-0.25, -0.2) is 9.88 Å². The van der Waals surface area contributed by atoms with Crippen LogP contribution in [0.3, 0.4) is 0 Å². The molecule has 3 rings (SSSR count). The maximum atomic E-state index is 12.4. The van der Waals surface area contributed by atoms with Crippen molar-refractivity contribution in [2.24, 2.45) is 17.8 Å². The van der Waals surface area contributed by atoms with E-state index in [1.807, 2.05) is 6.92 Å². The maximum Gasteiger partial charge on any atom is 0.238 e. The fourth-order valence-corrected chi connectivity index (χ4v) is 3.18. The van der Waals surface area contributed by atoms with E-state index in [2.05, 4.69) is 11.9 Å². The average Bonchev–Trinajstić information content (AvgIpc) is 2.84. The molecule has 2 aliphatic rings. The van der Waals surface area contributed by atoms with Crippen LogP contribution in [0.5, 0.6) is 0 Å². The first kappa shape index (κ1) is 12.1. The lowest BCUT2D eigenvalue weighted by Crippen LogP contribution is -2.32. The number of fused-ring (bicyclic) bond motifs is 1. The summed E-state index contributed by atoms with van der Waals surface area (Å²) in [5, 5.41) is 0. The molecule has 1 aromatic heterocycles. The number of nitrogen functional groups attached to an aromatic ring is 1. The molecule has 1 aliphatic heterocycles. The molecule has 19 heavy (non-hydrogen) atoms. The fourth-order valence-electron chi connectivity index (χ4n) is 3.18. The van der Waals surface area contributed by atoms with E-state index in [0.29, 0.717) is 17.4 Å². The molecule has 0 radical (unpaired) electrons. The highest BCUT2D eigenvalue weighted by Gasteiger charge is 2.52. The van der Waals surface area contributed by atoms with Crippen molar-refractivity contribution >= 4 is 23.3 Å². The van der Waals surface area contributed by atoms with Crippen molar-refractivity contribution in [3.8, 4) is 0 Å². The van der Waals surface area contributed by atoms with Gasteiger partial charge in [0, 0.05) is 0 Å². The summed E-state index contributed by atoms with van der Waals surface area (Å²) in [4.78, 5) is 30.1. The number of carbonyl (C=O) groups excluding carboxylic acids is 2. The first-order chi connectivity index (χ1) is 8.99. The summed E-state index contributed by atoms with van der Waals surface area (Å²) in [5.74, 6) is 0.353. The van der Waals surface area contributed by atoms with Gasteiger partial charge in [-0.15, -0.1) is 0 Å². The number of rotatable bonds is 1. The van der Waals surface area contributed by atoms with E-state index in [-0.39, 0.29) is 23.7 Å². The molecular weight excluding hydrogens is 242 g/mol. The normalized spacial score (nSPS) is 30.0. The monoisotopic (exact) mass is 259 g/mol. The molecule has 2 unspecified atom stereocenters. The van der Waals surface area contributed by atoms with Crippen LogP contribution in [0.25, 0.3) is 0 Å². The number of hydrogen-bond acceptors (Lipinski definition) is 4. The zero-order valence-corrected chi connectivity index (χ0v) is 11.1. The van der Waals surface area contributed by atoms with Crippen LogP contribution < -0.4 is 10.6 Å². The van der Waals surface area contributed by atoms with Crippen molar-refractivity contribution in [2.45, 2.75) is 26.7 Å². The van der Waals surface area contributed by atoms with Gasteiger partial charge in [0.25, 0.3) is 0 Å². The minimum absolute atomic E-state index is 0.101. The zero-order valence-electron chi connectivity index (χ0n) is 11.1. The third-order valence-corrected chi connectivity index (χ3v) is 4.24. The van der Waals surface area contributed by atoms with Gasteiger partial charge in [-0.3, -0.25) is 9.59 Å². The highest BCUT2D eigenvalue weighted by atomic mass is 16.2. The number of imide groups is 1. The number of nitrogens with two attached hydrogens (primary N) is 1. The van der Waals surface area contributed by atoms with Crippen LogP contribution in [-0.2, 0) is 9.59 Å². The molecule has 2 atom stereocenters. The Labute approximate surface area is 111 Å². The van der Waals surface area contributed by atoms with Gasteiger partial charge < -0.3 is 5.73 Å². The molecule has 0 bridgehead atoms. The lowest BCUT2D eigenvalue weighted by Gasteiger charge is -2.16. The van der Waals surface area contributed by atoms with E-state index in [1.165, 1.54) is 11.1 Å². The van der Waals surface area contributed by atoms with Crippen molar-refractivity contribution in [3.63, 3.8) is 0 Å². The second kappa shape index (κ2) is 4.05. The topological polar surface area (TPSA) is 76.3 Å². The van der Waals surface area contributed by atoms with Gasteiger partial charge in [-0.1, -0.05) is 6.92 Å². The van der Waals surface area contributed by atoms with E-state index < -0.39 is 0 Å². The molecule has 2 fully saturated rings. The van der Waals surface area contributed by atoms with Crippen LogP contribution in [-0.4, -0.2) is 16.8 Å². The lowest BCUT2D eigenvalue weighted by atomic mass is 10.00. The summed E-state index contributed by atoms with van der Waals surface area (Å²) in [6, 6.07) is 1.70. The van der Waals surface area contributed by atoms with E-state index in [9.17, 15) is 9.59 Å². The molecule has 2 heterocycles. The second-order valence-corrected chi connectivity index (χ2v) is 5.70. The zero-order chi connectivity index (χ0) is 13.7. The van der Waals surface area contributed by atoms with Gasteiger partial charge in [0.2, 0.25) is 11.8 Å². The molecule has 1 saturated heterocycles. The number of aryl methyl sites for hydroxylation is 1. The summed E-state index contributed by atoms with van der Waals surface area (Å²) >= 11 is 0. The fraction of sp³-hybridized carbons (Fsp3) is 0.500. The molecule has 1 aliphatic carbocycles. The smallest absolute Gasteiger partial charge is 0.238 e. The minimum atomic E-state index is -0.151. The van der Waals surface area contributed by atoms with Crippen molar-refractivity contribution < 1.29 is 9.59 Å². The van der Waals surface area contributed by atoms with Crippen LogP contribution in [0.1, 0.15) is 25.3 Å². The number of anilines is 2. The number of aromatic nitrogens is 1. The Kier molecular flexibility index (Phi) is 2.59. The van der Waals surface area contributed by atoms with Gasteiger partial charge in [0.1, 0.15) is 5.82 Å². The van der Waals surface area contributed by atoms with Crippen molar-refractivity contribution in [2.75, 3.05) is 10.6 Å². The SMILES string of the molecule is Cc1cc(N2C(=O)C3CC(C)CC3C2=O)ncc1N. The lowest BCUT2D eigenvalue weighted by molar-refractivity contribution is -0.123. The Bertz CT molecular complexity index is 546. The first-order valence-electron chi connectivity index (χ1n) is 6.59. The molecular formula is C14H17N3O2. The van der Waals surface area contributed by atoms with Crippen molar-refractivity contribution in [1.82, 2.24) is 4.98 Å². The summed E-state index contributed by atoms with van der Waals surface area (Å²) < 4.78 is 0. The molecule has 0 spiro atoms. The maximum absolute atomic E-state index is 12.4. The predicted molar refractivity (Wildman–Crippen MR) is 71.3 cm³/mol. The Morgan fingerprint density at radius 1 is 1.26 bits per heavy atom. The largest absolute Gasteiger partial charge is 0.397 e. The van der Waals surface area contributed by atoms with Crippen LogP contribution in [0.4, 0.5) is 11.5 Å². The van der Waals surface area contributed by atoms with E-state index >= 15 is 0 Å². The second-order valence-electron chi connectivity index (χ2n) is 5.70. The molecule has 1 aromatic rings. The third-order valence-electron chi connectivity index (χ3n) is 4.24. The van der Waals surface area contributed by atoms with Crippen LogP contribution in [0.2, 0.25) is 0 Å². The van der Waals surface area contributed by atoms with E-state index in [0.717, 1.165) is 18.4 Å². The Morgan fingerprint density at radius 2 is 1.84 bits per heavy atom. The number of amides is 2. The highest BCUT2D eigenvalue weighted by Crippen LogP contribution is 2.44. The number of pyridine rings is 1. The highest BCUT2D eigenvalue weighted by molar-refractivity contribution is 6.21. The quantitative estimate of drug-likeness (QED) is 0.775. The number of nitrogens with zero attached hydrogens (tertiary/aromatic N) is 2. The van der Waals surface area contributed by atoms with Crippen molar-refractivity contribution in [1.29, 1.82) is 0 Å². The Hall–Kier alpha value is -1.91. The number of hydrogen-bond donors (Lipinski definition) is 1. The molecule has 5 nitrogen and oxygen atoms in total. The van der Waals surface area contributed by atoms with Crippen LogP contribution in [0.15, 0.2) is 12.3 Å². The molecule has 5 heteroatoms. The van der Waals surface area contributed by atoms with Crippen molar-refractivity contribution in [3.05, 3.63) is 17.8 Å². The van der Waals surface area contributed by atoms with Gasteiger partial charge in [-0.2, -0.15) is 0 Å². The third kappa shape index (κ3) is 1.72. The molecule has 2 amide bonds. The Balaban J connectivity index is 1.96. The van der Waals surface area contributed by atoms with Gasteiger partial charge in [0.15, 0.2) is 0 Å². The Morgan fingerprint density at radius 3 is 2.37 bits per heavy atom. The minimum Gasteiger partial charge on any atom is -0.397 e. The average molecular weight is 259 g/mol. The standard InChI is InChI=1S/C14H17N3O2/c1-7-3-9-10(4-7)14(19)17(13(9)18)12-5-8(2)11(15)6-16-12/h5-7,9-10H,3-4,15H2,1-2H3. The van der Waals surface area contributed by atoms with Crippen LogP contribution in [0, 0.1) is 24.7 Å². The first-order valence-corrected chi connectivity index (χ1v) is 6.59. The number of carbonyl (C=O) groups is 2. The summed E-state index contributed by atoms with van der Waals surface area (Å²) in [6.07, 6.45) is 3.11. The summed E-state index contributed by atoms with van der Waals surface area (Å²) in [6.45, 7) is 3.93. The van der Waals surface area contributed by atoms with Gasteiger partial charge in [-0.05, 0) is 37.3 Å². The van der Waals surface area contributed by atoms with E-state index in [1.54, 1.807) is 6.07 Å². The van der Waals surface area contributed by atoms with E-state index in [4.69, 9.17) is 5.73 Å².